The van der Waals surface area contributed by atoms with Crippen molar-refractivity contribution in [1.82, 2.24) is 34.5 Å². The number of rotatable bonds is 5. The third-order valence-electron chi connectivity index (χ3n) is 6.31. The molecule has 0 amide bonds. The van der Waals surface area contributed by atoms with Gasteiger partial charge < -0.3 is 9.13 Å². The summed E-state index contributed by atoms with van der Waals surface area (Å²) in [6.45, 7) is 6.40. The van der Waals surface area contributed by atoms with Gasteiger partial charge >= 0.3 is 0 Å². The third-order valence-corrected chi connectivity index (χ3v) is 6.31. The van der Waals surface area contributed by atoms with Crippen LogP contribution in [-0.4, -0.2) is 34.5 Å². The Labute approximate surface area is 186 Å². The van der Waals surface area contributed by atoms with Crippen LogP contribution in [0.4, 0.5) is 0 Å². The van der Waals surface area contributed by atoms with Gasteiger partial charge in [-0.15, -0.1) is 10.2 Å². The molecule has 160 valence electrons. The molecule has 1 N–H and O–H groups in total. The Morgan fingerprint density at radius 2 is 1.88 bits per heavy atom. The maximum Gasteiger partial charge on any atom is 0.164 e. The van der Waals surface area contributed by atoms with Crippen molar-refractivity contribution in [2.75, 3.05) is 0 Å². The van der Waals surface area contributed by atoms with Crippen molar-refractivity contribution in [1.29, 1.82) is 0 Å². The van der Waals surface area contributed by atoms with Gasteiger partial charge in [0.05, 0.1) is 28.9 Å². The molecule has 5 aromatic rings. The lowest BCUT2D eigenvalue weighted by Gasteiger charge is -2.11. The molecule has 3 aromatic heterocycles. The molecule has 0 saturated heterocycles. The highest BCUT2D eigenvalue weighted by molar-refractivity contribution is 5.95. The Balaban J connectivity index is 1.44. The minimum atomic E-state index is 0.287. The molecular formula is C25H25N7. The normalized spacial score (nSPS) is 14.0. The van der Waals surface area contributed by atoms with Gasteiger partial charge in [0.2, 0.25) is 0 Å². The van der Waals surface area contributed by atoms with Gasteiger partial charge in [0.15, 0.2) is 5.82 Å². The Bertz CT molecular complexity index is 1430. The van der Waals surface area contributed by atoms with Crippen LogP contribution in [0.5, 0.6) is 0 Å². The zero-order valence-corrected chi connectivity index (χ0v) is 18.4. The van der Waals surface area contributed by atoms with Crippen LogP contribution in [0, 0.1) is 6.92 Å². The van der Waals surface area contributed by atoms with E-state index in [4.69, 9.17) is 0 Å². The number of nitrogens with one attached hydrogen (secondary N) is 1. The molecule has 7 nitrogen and oxygen atoms in total. The van der Waals surface area contributed by atoms with Gasteiger partial charge in [0, 0.05) is 34.7 Å². The molecule has 1 fully saturated rings. The van der Waals surface area contributed by atoms with E-state index in [2.05, 4.69) is 97.9 Å². The fraction of sp³-hybridized carbons (Fsp3) is 0.280. The lowest BCUT2D eigenvalue weighted by atomic mass is 10.0. The highest BCUT2D eigenvalue weighted by Gasteiger charge is 2.26. The summed E-state index contributed by atoms with van der Waals surface area (Å²) in [5.41, 5.74) is 7.57. The van der Waals surface area contributed by atoms with Crippen molar-refractivity contribution in [3.05, 3.63) is 66.5 Å². The molecule has 0 unspecified atom stereocenters. The van der Waals surface area contributed by atoms with Crippen molar-refractivity contribution in [2.45, 2.75) is 45.6 Å². The van der Waals surface area contributed by atoms with Crippen LogP contribution < -0.4 is 0 Å². The highest BCUT2D eigenvalue weighted by atomic mass is 15.3. The number of nitrogens with zero attached hydrogens (tertiary/aromatic N) is 6. The van der Waals surface area contributed by atoms with Crippen LogP contribution in [0.3, 0.4) is 0 Å². The SMILES string of the molecule is Cc1ccc(-c2n[nH]c3ccc(-c4nncn4C(C)C)cc23)cc1-n1cnc(C2CC2)c1. The first kappa shape index (κ1) is 19.0. The molecule has 7 heteroatoms. The summed E-state index contributed by atoms with van der Waals surface area (Å²) in [5, 5.41) is 17.4. The second-order valence-electron chi connectivity index (χ2n) is 8.97. The summed E-state index contributed by atoms with van der Waals surface area (Å²) in [7, 11) is 0. The van der Waals surface area contributed by atoms with Crippen LogP contribution in [-0.2, 0) is 0 Å². The van der Waals surface area contributed by atoms with Crippen molar-refractivity contribution < 1.29 is 0 Å². The van der Waals surface area contributed by atoms with Crippen LogP contribution in [0.1, 0.15) is 49.9 Å². The number of aryl methyl sites for hydroxylation is 1. The summed E-state index contributed by atoms with van der Waals surface area (Å²) in [6, 6.07) is 13.1. The molecular weight excluding hydrogens is 398 g/mol. The minimum Gasteiger partial charge on any atom is -0.311 e. The van der Waals surface area contributed by atoms with Crippen molar-refractivity contribution in [2.24, 2.45) is 0 Å². The highest BCUT2D eigenvalue weighted by Crippen LogP contribution is 2.39. The fourth-order valence-corrected chi connectivity index (χ4v) is 4.29. The molecule has 32 heavy (non-hydrogen) atoms. The van der Waals surface area contributed by atoms with Gasteiger partial charge in [0.25, 0.3) is 0 Å². The molecule has 0 spiro atoms. The van der Waals surface area contributed by atoms with E-state index in [-0.39, 0.29) is 6.04 Å². The van der Waals surface area contributed by atoms with Crippen LogP contribution in [0.25, 0.3) is 39.2 Å². The first-order chi connectivity index (χ1) is 15.6. The second kappa shape index (κ2) is 7.15. The topological polar surface area (TPSA) is 77.2 Å². The number of imidazole rings is 1. The second-order valence-corrected chi connectivity index (χ2v) is 8.97. The maximum atomic E-state index is 4.66. The number of benzene rings is 2. The van der Waals surface area contributed by atoms with Crippen LogP contribution >= 0.6 is 0 Å². The molecule has 3 heterocycles. The van der Waals surface area contributed by atoms with E-state index in [9.17, 15) is 0 Å². The van der Waals surface area contributed by atoms with Crippen molar-refractivity contribution in [3.63, 3.8) is 0 Å². The predicted octanol–water partition coefficient (Wildman–Crippen LogP) is 5.44. The van der Waals surface area contributed by atoms with E-state index < -0.39 is 0 Å². The monoisotopic (exact) mass is 423 g/mol. The summed E-state index contributed by atoms with van der Waals surface area (Å²) in [4.78, 5) is 4.63. The van der Waals surface area contributed by atoms with Gasteiger partial charge in [-0.2, -0.15) is 5.10 Å². The molecule has 2 aromatic carbocycles. The Kier molecular flexibility index (Phi) is 4.24. The largest absolute Gasteiger partial charge is 0.311 e. The molecule has 1 aliphatic rings. The third kappa shape index (κ3) is 3.12. The zero-order chi connectivity index (χ0) is 21.8. The first-order valence-corrected chi connectivity index (χ1v) is 11.1. The first-order valence-electron chi connectivity index (χ1n) is 11.1. The number of hydrogen-bond acceptors (Lipinski definition) is 4. The average molecular weight is 424 g/mol. The van der Waals surface area contributed by atoms with Crippen molar-refractivity contribution >= 4 is 10.9 Å². The van der Waals surface area contributed by atoms with Crippen LogP contribution in [0.15, 0.2) is 55.2 Å². The van der Waals surface area contributed by atoms with E-state index in [0.29, 0.717) is 5.92 Å². The lowest BCUT2D eigenvalue weighted by Crippen LogP contribution is -2.01. The summed E-state index contributed by atoms with van der Waals surface area (Å²) < 4.78 is 4.22. The number of aromatic nitrogens is 7. The minimum absolute atomic E-state index is 0.287. The fourth-order valence-electron chi connectivity index (χ4n) is 4.29. The average Bonchev–Trinajstić information content (AvgIpc) is 3.20. The maximum absolute atomic E-state index is 4.66. The summed E-state index contributed by atoms with van der Waals surface area (Å²) >= 11 is 0. The molecule has 6 rings (SSSR count). The standard InChI is InChI=1S/C25H25N7/c1-15(2)32-14-27-30-25(32)19-8-9-21-20(10-19)24(29-28-21)18-5-4-16(3)23(11-18)31-12-22(26-13-31)17-6-7-17/h4-5,8-15,17H,6-7H2,1-3H3,(H,28,29). The van der Waals surface area contributed by atoms with E-state index in [1.165, 1.54) is 24.1 Å². The van der Waals surface area contributed by atoms with Gasteiger partial charge in [-0.3, -0.25) is 5.10 Å². The molecule has 1 saturated carbocycles. The smallest absolute Gasteiger partial charge is 0.164 e. The van der Waals surface area contributed by atoms with E-state index in [1.54, 1.807) is 6.33 Å². The van der Waals surface area contributed by atoms with Gasteiger partial charge in [-0.25, -0.2) is 4.98 Å². The van der Waals surface area contributed by atoms with E-state index in [1.807, 2.05) is 6.33 Å². The van der Waals surface area contributed by atoms with E-state index in [0.717, 1.165) is 39.2 Å². The Morgan fingerprint density at radius 1 is 1.03 bits per heavy atom. The number of H-pyrrole nitrogens is 1. The van der Waals surface area contributed by atoms with Gasteiger partial charge in [0.1, 0.15) is 6.33 Å². The summed E-state index contributed by atoms with van der Waals surface area (Å²) in [5.74, 6) is 1.51. The lowest BCUT2D eigenvalue weighted by molar-refractivity contribution is 0.604. The van der Waals surface area contributed by atoms with E-state index >= 15 is 0 Å². The quantitative estimate of drug-likeness (QED) is 0.408. The molecule has 0 bridgehead atoms. The predicted molar refractivity (Wildman–Crippen MR) is 125 cm³/mol. The zero-order valence-electron chi connectivity index (χ0n) is 18.4. The Morgan fingerprint density at radius 3 is 2.69 bits per heavy atom. The van der Waals surface area contributed by atoms with Gasteiger partial charge in [-0.05, 0) is 63.4 Å². The van der Waals surface area contributed by atoms with Gasteiger partial charge in [-0.1, -0.05) is 12.1 Å². The number of fused-ring (bicyclic) bond motifs is 1. The molecule has 1 aliphatic carbocycles. The molecule has 0 aliphatic heterocycles. The molecule has 0 radical (unpaired) electrons. The van der Waals surface area contributed by atoms with Crippen LogP contribution in [0.2, 0.25) is 0 Å². The molecule has 0 atom stereocenters. The van der Waals surface area contributed by atoms with Crippen molar-refractivity contribution in [3.8, 4) is 28.3 Å². The number of aromatic amines is 1. The number of hydrogen-bond donors (Lipinski definition) is 1. The Hall–Kier alpha value is -3.74. The summed E-state index contributed by atoms with van der Waals surface area (Å²) in [6.07, 6.45) is 8.39.